The molecule has 0 radical (unpaired) electrons. The molecular formula is C28H42F2N6O3S. The highest BCUT2D eigenvalue weighted by molar-refractivity contribution is 7.88. The molecule has 3 heterocycles. The average Bonchev–Trinajstić information content (AvgIpc) is 3.19. The average molecular weight is 581 g/mol. The molecule has 0 unspecified atom stereocenters. The van der Waals surface area contributed by atoms with Crippen LogP contribution in [0.5, 0.6) is 0 Å². The van der Waals surface area contributed by atoms with E-state index in [2.05, 4.69) is 28.7 Å². The number of hydrogen-bond acceptors (Lipinski definition) is 5. The molecule has 1 aromatic carbocycles. The zero-order chi connectivity index (χ0) is 29.0. The fourth-order valence-electron chi connectivity index (χ4n) is 5.87. The molecule has 0 saturated carbocycles. The van der Waals surface area contributed by atoms with Crippen molar-refractivity contribution in [2.75, 3.05) is 44.3 Å². The van der Waals surface area contributed by atoms with Crippen LogP contribution < -0.4 is 5.32 Å². The van der Waals surface area contributed by atoms with E-state index >= 15 is 0 Å². The van der Waals surface area contributed by atoms with Crippen molar-refractivity contribution in [2.45, 2.75) is 77.9 Å². The standard InChI is InChI=1S/C28H42F2N6O3S/c1-5-6-13-35(28(37)31-27-8-7-22(29)18-26(27)30)23-9-14-33(15-10-23)19-25-20(2)32-36(21(25)3)24-11-16-34(17-12-24)40(4,38)39/h7-8,18,23-24H,5-6,9-17,19H2,1-4H3,(H,31,37). The lowest BCUT2D eigenvalue weighted by atomic mass is 10.0. The number of nitrogens with one attached hydrogen (secondary N) is 1. The van der Waals surface area contributed by atoms with E-state index < -0.39 is 21.7 Å². The van der Waals surface area contributed by atoms with Crippen LogP contribution in [-0.4, -0.2) is 83.4 Å². The maximum absolute atomic E-state index is 14.2. The summed E-state index contributed by atoms with van der Waals surface area (Å²) in [6, 6.07) is 3.03. The molecule has 2 fully saturated rings. The molecule has 0 bridgehead atoms. The van der Waals surface area contributed by atoms with Crippen LogP contribution in [0.4, 0.5) is 19.3 Å². The largest absolute Gasteiger partial charge is 0.322 e. The summed E-state index contributed by atoms with van der Waals surface area (Å²) in [6.45, 7) is 10.2. The number of unbranched alkanes of at least 4 members (excludes halogenated alkanes) is 1. The third-order valence-electron chi connectivity index (χ3n) is 8.28. The second-order valence-corrected chi connectivity index (χ2v) is 13.1. The van der Waals surface area contributed by atoms with Crippen LogP contribution in [0.25, 0.3) is 0 Å². The predicted octanol–water partition coefficient (Wildman–Crippen LogP) is 4.67. The second kappa shape index (κ2) is 12.9. The van der Waals surface area contributed by atoms with E-state index in [1.165, 1.54) is 17.9 Å². The molecule has 40 heavy (non-hydrogen) atoms. The molecule has 222 valence electrons. The van der Waals surface area contributed by atoms with E-state index in [1.807, 2.05) is 6.92 Å². The Kier molecular flexibility index (Phi) is 9.84. The highest BCUT2D eigenvalue weighted by Gasteiger charge is 2.31. The van der Waals surface area contributed by atoms with Gasteiger partial charge in [-0.25, -0.2) is 26.3 Å². The second-order valence-electron chi connectivity index (χ2n) is 11.1. The molecule has 9 nitrogen and oxygen atoms in total. The van der Waals surface area contributed by atoms with Crippen molar-refractivity contribution in [3.63, 3.8) is 0 Å². The van der Waals surface area contributed by atoms with Crippen molar-refractivity contribution in [2.24, 2.45) is 0 Å². The number of aromatic nitrogens is 2. The van der Waals surface area contributed by atoms with Crippen LogP contribution >= 0.6 is 0 Å². The summed E-state index contributed by atoms with van der Waals surface area (Å²) in [7, 11) is -3.17. The lowest BCUT2D eigenvalue weighted by Gasteiger charge is -2.38. The van der Waals surface area contributed by atoms with Gasteiger partial charge in [0.2, 0.25) is 10.0 Å². The van der Waals surface area contributed by atoms with E-state index in [4.69, 9.17) is 5.10 Å². The summed E-state index contributed by atoms with van der Waals surface area (Å²) in [5.41, 5.74) is 3.31. The minimum atomic E-state index is -3.17. The molecule has 2 aliphatic heterocycles. The number of benzene rings is 1. The Morgan fingerprint density at radius 3 is 2.38 bits per heavy atom. The van der Waals surface area contributed by atoms with Gasteiger partial charge in [-0.1, -0.05) is 13.3 Å². The van der Waals surface area contributed by atoms with Gasteiger partial charge in [0.05, 0.1) is 23.7 Å². The Hall–Kier alpha value is -2.57. The number of likely N-dealkylation sites (tertiary alicyclic amines) is 1. The first-order valence-electron chi connectivity index (χ1n) is 14.2. The number of aryl methyl sites for hydroxylation is 1. The van der Waals surface area contributed by atoms with Gasteiger partial charge < -0.3 is 10.2 Å². The predicted molar refractivity (Wildman–Crippen MR) is 152 cm³/mol. The van der Waals surface area contributed by atoms with Crippen molar-refractivity contribution < 1.29 is 22.0 Å². The maximum atomic E-state index is 14.2. The van der Waals surface area contributed by atoms with Crippen molar-refractivity contribution in [3.8, 4) is 0 Å². The third-order valence-corrected chi connectivity index (χ3v) is 9.58. The monoisotopic (exact) mass is 580 g/mol. The van der Waals surface area contributed by atoms with Crippen molar-refractivity contribution >= 4 is 21.7 Å². The van der Waals surface area contributed by atoms with E-state index in [0.29, 0.717) is 19.6 Å². The number of halogens is 2. The molecule has 0 aliphatic carbocycles. The molecule has 1 N–H and O–H groups in total. The highest BCUT2D eigenvalue weighted by Crippen LogP contribution is 2.29. The van der Waals surface area contributed by atoms with Crippen molar-refractivity contribution in [1.29, 1.82) is 0 Å². The fraction of sp³-hybridized carbons (Fsp3) is 0.643. The number of anilines is 1. The first-order valence-corrected chi connectivity index (χ1v) is 16.1. The van der Waals surface area contributed by atoms with Gasteiger partial charge in [0, 0.05) is 62.6 Å². The van der Waals surface area contributed by atoms with Gasteiger partial charge in [-0.2, -0.15) is 5.10 Å². The molecule has 0 atom stereocenters. The molecular weight excluding hydrogens is 538 g/mol. The van der Waals surface area contributed by atoms with Crippen LogP contribution in [-0.2, 0) is 16.6 Å². The van der Waals surface area contributed by atoms with E-state index in [1.54, 1.807) is 9.21 Å². The van der Waals surface area contributed by atoms with Crippen LogP contribution in [0.2, 0.25) is 0 Å². The number of piperidine rings is 2. The summed E-state index contributed by atoms with van der Waals surface area (Å²) >= 11 is 0. The molecule has 2 amide bonds. The van der Waals surface area contributed by atoms with Crippen LogP contribution in [0, 0.1) is 25.5 Å². The summed E-state index contributed by atoms with van der Waals surface area (Å²) in [5.74, 6) is -1.47. The Morgan fingerprint density at radius 1 is 1.10 bits per heavy atom. The van der Waals surface area contributed by atoms with E-state index in [9.17, 15) is 22.0 Å². The molecule has 2 saturated heterocycles. The number of carbonyl (C=O) groups is 1. The van der Waals surface area contributed by atoms with Gasteiger partial charge in [0.1, 0.15) is 11.6 Å². The number of rotatable bonds is 9. The van der Waals surface area contributed by atoms with Gasteiger partial charge in [-0.3, -0.25) is 9.58 Å². The van der Waals surface area contributed by atoms with E-state index in [0.717, 1.165) is 81.7 Å². The Morgan fingerprint density at radius 2 is 1.77 bits per heavy atom. The van der Waals surface area contributed by atoms with Crippen molar-refractivity contribution in [1.82, 2.24) is 23.9 Å². The van der Waals surface area contributed by atoms with Gasteiger partial charge >= 0.3 is 6.03 Å². The van der Waals surface area contributed by atoms with Crippen LogP contribution in [0.3, 0.4) is 0 Å². The maximum Gasteiger partial charge on any atom is 0.322 e. The first kappa shape index (κ1) is 30.4. The zero-order valence-corrected chi connectivity index (χ0v) is 24.8. The van der Waals surface area contributed by atoms with Crippen LogP contribution in [0.1, 0.15) is 68.4 Å². The molecule has 1 aromatic heterocycles. The molecule has 2 aliphatic rings. The Balaban J connectivity index is 1.36. The van der Waals surface area contributed by atoms with Gasteiger partial charge in [0.15, 0.2) is 0 Å². The molecule has 0 spiro atoms. The molecule has 4 rings (SSSR count). The minimum absolute atomic E-state index is 0.0183. The van der Waals surface area contributed by atoms with Crippen LogP contribution in [0.15, 0.2) is 18.2 Å². The summed E-state index contributed by atoms with van der Waals surface area (Å²) in [5, 5.41) is 7.48. The lowest BCUT2D eigenvalue weighted by molar-refractivity contribution is 0.122. The quantitative estimate of drug-likeness (QED) is 0.466. The fourth-order valence-corrected chi connectivity index (χ4v) is 6.74. The molecule has 12 heteroatoms. The normalized spacial score (nSPS) is 18.2. The number of urea groups is 1. The minimum Gasteiger partial charge on any atom is -0.321 e. The van der Waals surface area contributed by atoms with Crippen molar-refractivity contribution in [3.05, 3.63) is 46.8 Å². The van der Waals surface area contributed by atoms with Gasteiger partial charge in [-0.15, -0.1) is 0 Å². The van der Waals surface area contributed by atoms with Gasteiger partial charge in [-0.05, 0) is 58.1 Å². The zero-order valence-electron chi connectivity index (χ0n) is 24.0. The topological polar surface area (TPSA) is 90.8 Å². The smallest absolute Gasteiger partial charge is 0.321 e. The third kappa shape index (κ3) is 7.19. The number of carbonyl (C=O) groups excluding carboxylic acids is 1. The summed E-state index contributed by atoms with van der Waals surface area (Å²) in [4.78, 5) is 17.3. The Bertz CT molecular complexity index is 1290. The summed E-state index contributed by atoms with van der Waals surface area (Å²) < 4.78 is 54.9. The Labute approximate surface area is 236 Å². The van der Waals surface area contributed by atoms with Gasteiger partial charge in [0.25, 0.3) is 0 Å². The highest BCUT2D eigenvalue weighted by atomic mass is 32.2. The number of sulfonamides is 1. The van der Waals surface area contributed by atoms with E-state index in [-0.39, 0.29) is 23.8 Å². The number of amides is 2. The summed E-state index contributed by atoms with van der Waals surface area (Å²) in [6.07, 6.45) is 6.15. The number of hydrogen-bond donors (Lipinski definition) is 1. The number of nitrogens with zero attached hydrogens (tertiary/aromatic N) is 5. The first-order chi connectivity index (χ1) is 19.0. The molecule has 2 aromatic rings. The lowest BCUT2D eigenvalue weighted by Crippen LogP contribution is -2.49. The SMILES string of the molecule is CCCCN(C(=O)Nc1ccc(F)cc1F)C1CCN(Cc2c(C)nn(C3CCN(S(C)(=O)=O)CC3)c2C)CC1.